The molecule has 1 saturated carbocycles. The summed E-state index contributed by atoms with van der Waals surface area (Å²) in [6.45, 7) is 0.240. The average molecular weight is 365 g/mol. The molecule has 4 rings (SSSR count). The van der Waals surface area contributed by atoms with Gasteiger partial charge < -0.3 is 15.2 Å². The fourth-order valence-corrected chi connectivity index (χ4v) is 4.39. The maximum Gasteiger partial charge on any atom is 0.407 e. The van der Waals surface area contributed by atoms with Crippen LogP contribution in [0.5, 0.6) is 0 Å². The molecule has 0 aliphatic heterocycles. The number of carbonyl (C=O) groups is 2. The molecule has 1 fully saturated rings. The molecule has 5 nitrogen and oxygen atoms in total. The van der Waals surface area contributed by atoms with E-state index in [1.54, 1.807) is 0 Å². The topological polar surface area (TPSA) is 75.6 Å². The number of carboxylic acids is 1. The number of rotatable bonds is 4. The second-order valence-corrected chi connectivity index (χ2v) is 7.31. The van der Waals surface area contributed by atoms with Gasteiger partial charge in [-0.1, -0.05) is 61.4 Å². The molecule has 27 heavy (non-hydrogen) atoms. The minimum Gasteiger partial charge on any atom is -0.481 e. The summed E-state index contributed by atoms with van der Waals surface area (Å²) in [7, 11) is 0. The Morgan fingerprint density at radius 1 is 0.963 bits per heavy atom. The quantitative estimate of drug-likeness (QED) is 0.853. The molecule has 0 heterocycles. The van der Waals surface area contributed by atoms with Gasteiger partial charge in [0, 0.05) is 12.0 Å². The van der Waals surface area contributed by atoms with Gasteiger partial charge >= 0.3 is 12.1 Å². The number of alkyl carbamates (subject to hydrolysis) is 1. The molecule has 0 aromatic heterocycles. The molecule has 140 valence electrons. The predicted octanol–water partition coefficient (Wildman–Crippen LogP) is 4.17. The molecular weight excluding hydrogens is 342 g/mol. The second-order valence-electron chi connectivity index (χ2n) is 7.31. The van der Waals surface area contributed by atoms with Crippen molar-refractivity contribution in [2.45, 2.75) is 37.6 Å². The van der Waals surface area contributed by atoms with Crippen molar-refractivity contribution >= 4 is 12.1 Å². The van der Waals surface area contributed by atoms with Gasteiger partial charge in [0.25, 0.3) is 0 Å². The lowest BCUT2D eigenvalue weighted by Crippen LogP contribution is -2.45. The summed E-state index contributed by atoms with van der Waals surface area (Å²) in [5.74, 6) is -1.37. The number of carbonyl (C=O) groups excluding carboxylic acids is 1. The van der Waals surface area contributed by atoms with Crippen LogP contribution in [0.1, 0.15) is 42.7 Å². The van der Waals surface area contributed by atoms with Crippen LogP contribution in [0.15, 0.2) is 48.5 Å². The summed E-state index contributed by atoms with van der Waals surface area (Å²) in [6, 6.07) is 16.0. The van der Waals surface area contributed by atoms with Crippen molar-refractivity contribution in [2.75, 3.05) is 6.61 Å². The molecule has 0 saturated heterocycles. The molecule has 0 bridgehead atoms. The van der Waals surface area contributed by atoms with Gasteiger partial charge in [-0.25, -0.2) is 4.79 Å². The fraction of sp³-hybridized carbons (Fsp3) is 0.364. The third-order valence-corrected chi connectivity index (χ3v) is 5.73. The van der Waals surface area contributed by atoms with Gasteiger partial charge in [-0.2, -0.15) is 0 Å². The highest BCUT2D eigenvalue weighted by Crippen LogP contribution is 2.44. The first kappa shape index (κ1) is 17.6. The van der Waals surface area contributed by atoms with Crippen molar-refractivity contribution < 1.29 is 19.4 Å². The number of fused-ring (bicyclic) bond motifs is 3. The highest BCUT2D eigenvalue weighted by atomic mass is 16.5. The first-order valence-corrected chi connectivity index (χ1v) is 9.49. The van der Waals surface area contributed by atoms with Crippen LogP contribution in [0.4, 0.5) is 4.79 Å². The van der Waals surface area contributed by atoms with Gasteiger partial charge in [0.05, 0.1) is 5.92 Å². The minimum atomic E-state index is -0.848. The Kier molecular flexibility index (Phi) is 4.84. The van der Waals surface area contributed by atoms with E-state index in [0.717, 1.165) is 24.0 Å². The third-order valence-electron chi connectivity index (χ3n) is 5.73. The third kappa shape index (κ3) is 3.42. The van der Waals surface area contributed by atoms with Crippen molar-refractivity contribution in [1.29, 1.82) is 0 Å². The van der Waals surface area contributed by atoms with Gasteiger partial charge in [0.1, 0.15) is 6.61 Å². The van der Waals surface area contributed by atoms with E-state index in [1.165, 1.54) is 11.1 Å². The zero-order valence-electron chi connectivity index (χ0n) is 15.1. The lowest BCUT2D eigenvalue weighted by molar-refractivity contribution is -0.143. The second kappa shape index (κ2) is 7.43. The van der Waals surface area contributed by atoms with Crippen LogP contribution in [0, 0.1) is 5.92 Å². The van der Waals surface area contributed by atoms with Crippen LogP contribution in [-0.2, 0) is 9.53 Å². The van der Waals surface area contributed by atoms with Crippen molar-refractivity contribution in [3.05, 3.63) is 59.7 Å². The van der Waals surface area contributed by atoms with E-state index in [2.05, 4.69) is 29.6 Å². The molecule has 5 heteroatoms. The average Bonchev–Trinajstić information content (AvgIpc) is 3.00. The summed E-state index contributed by atoms with van der Waals surface area (Å²) >= 11 is 0. The van der Waals surface area contributed by atoms with E-state index in [4.69, 9.17) is 4.74 Å². The normalized spacial score (nSPS) is 21.2. The molecule has 0 spiro atoms. The fourth-order valence-electron chi connectivity index (χ4n) is 4.39. The number of amides is 1. The molecule has 2 N–H and O–H groups in total. The number of hydrogen-bond donors (Lipinski definition) is 2. The van der Waals surface area contributed by atoms with Gasteiger partial charge in [0.15, 0.2) is 0 Å². The Morgan fingerprint density at radius 2 is 1.56 bits per heavy atom. The summed E-state index contributed by atoms with van der Waals surface area (Å²) in [4.78, 5) is 23.7. The highest BCUT2D eigenvalue weighted by molar-refractivity contribution is 5.79. The number of benzene rings is 2. The Morgan fingerprint density at radius 3 is 2.19 bits per heavy atom. The SMILES string of the molecule is O=C(N[C@H]1CCCC[C@H]1C(=O)O)OCC1c2ccccc2-c2ccccc21. The van der Waals surface area contributed by atoms with E-state index < -0.39 is 18.0 Å². The summed E-state index contributed by atoms with van der Waals surface area (Å²) < 4.78 is 5.53. The molecule has 1 amide bonds. The lowest BCUT2D eigenvalue weighted by atomic mass is 9.84. The zero-order valence-corrected chi connectivity index (χ0v) is 15.1. The van der Waals surface area contributed by atoms with Gasteiger partial charge in [-0.05, 0) is 35.1 Å². The van der Waals surface area contributed by atoms with Crippen LogP contribution < -0.4 is 5.32 Å². The standard InChI is InChI=1S/C22H23NO4/c24-21(25)18-11-5-6-12-20(18)23-22(26)27-13-19-16-9-3-1-7-14(16)15-8-2-4-10-17(15)19/h1-4,7-10,18-20H,5-6,11-13H2,(H,23,26)(H,24,25)/t18-,20+/m1/s1. The first-order valence-electron chi connectivity index (χ1n) is 9.49. The number of aliphatic carboxylic acids is 1. The molecule has 2 aromatic carbocycles. The molecule has 0 radical (unpaired) electrons. The van der Waals surface area contributed by atoms with Crippen LogP contribution >= 0.6 is 0 Å². The van der Waals surface area contributed by atoms with Crippen LogP contribution in [0.2, 0.25) is 0 Å². The van der Waals surface area contributed by atoms with Crippen molar-refractivity contribution in [2.24, 2.45) is 5.92 Å². The van der Waals surface area contributed by atoms with Crippen LogP contribution in [0.25, 0.3) is 11.1 Å². The minimum absolute atomic E-state index is 0.00442. The highest BCUT2D eigenvalue weighted by Gasteiger charge is 2.33. The summed E-state index contributed by atoms with van der Waals surface area (Å²) in [5, 5.41) is 12.1. The molecule has 2 aromatic rings. The van der Waals surface area contributed by atoms with Crippen molar-refractivity contribution in [1.82, 2.24) is 5.32 Å². The number of ether oxygens (including phenoxy) is 1. The molecular formula is C22H23NO4. The van der Waals surface area contributed by atoms with Crippen molar-refractivity contribution in [3.8, 4) is 11.1 Å². The zero-order chi connectivity index (χ0) is 18.8. The molecule has 2 aliphatic carbocycles. The number of hydrogen-bond acceptors (Lipinski definition) is 3. The summed E-state index contributed by atoms with van der Waals surface area (Å²) in [5.41, 5.74) is 4.68. The number of carboxylic acid groups (broad SMARTS) is 1. The molecule has 0 unspecified atom stereocenters. The Bertz CT molecular complexity index is 817. The maximum atomic E-state index is 12.3. The van der Waals surface area contributed by atoms with Gasteiger partial charge in [0.2, 0.25) is 0 Å². The largest absolute Gasteiger partial charge is 0.481 e. The Balaban J connectivity index is 1.44. The maximum absolute atomic E-state index is 12.3. The van der Waals surface area contributed by atoms with E-state index in [1.807, 2.05) is 24.3 Å². The first-order chi connectivity index (χ1) is 13.1. The lowest BCUT2D eigenvalue weighted by Gasteiger charge is -2.29. The summed E-state index contributed by atoms with van der Waals surface area (Å²) in [6.07, 6.45) is 2.57. The molecule has 2 aliphatic rings. The predicted molar refractivity (Wildman–Crippen MR) is 102 cm³/mol. The molecule has 2 atom stereocenters. The van der Waals surface area contributed by atoms with E-state index >= 15 is 0 Å². The Hall–Kier alpha value is -2.82. The van der Waals surface area contributed by atoms with E-state index in [0.29, 0.717) is 12.8 Å². The smallest absolute Gasteiger partial charge is 0.407 e. The van der Waals surface area contributed by atoms with Crippen LogP contribution in [-0.4, -0.2) is 29.8 Å². The van der Waals surface area contributed by atoms with E-state index in [9.17, 15) is 14.7 Å². The monoisotopic (exact) mass is 365 g/mol. The Labute approximate surface area is 158 Å². The van der Waals surface area contributed by atoms with Gasteiger partial charge in [-0.3, -0.25) is 4.79 Å². The van der Waals surface area contributed by atoms with Crippen LogP contribution in [0.3, 0.4) is 0 Å². The van der Waals surface area contributed by atoms with Crippen molar-refractivity contribution in [3.63, 3.8) is 0 Å². The van der Waals surface area contributed by atoms with E-state index in [-0.39, 0.29) is 18.6 Å². The van der Waals surface area contributed by atoms with Gasteiger partial charge in [-0.15, -0.1) is 0 Å². The number of nitrogens with one attached hydrogen (secondary N) is 1.